The normalized spacial score (nSPS) is 11.8. The van der Waals surface area contributed by atoms with Crippen LogP contribution in [0, 0.1) is 6.92 Å². The molecule has 29 heavy (non-hydrogen) atoms. The van der Waals surface area contributed by atoms with Crippen molar-refractivity contribution in [3.63, 3.8) is 0 Å². The highest BCUT2D eigenvalue weighted by Gasteiger charge is 2.27. The molecule has 0 aliphatic rings. The lowest BCUT2D eigenvalue weighted by molar-refractivity contribution is 0.297. The van der Waals surface area contributed by atoms with Gasteiger partial charge in [0.2, 0.25) is 21.7 Å². The van der Waals surface area contributed by atoms with Crippen LogP contribution in [-0.4, -0.2) is 22.9 Å². The molecule has 148 valence electrons. The van der Waals surface area contributed by atoms with Crippen molar-refractivity contribution >= 4 is 10.0 Å². The number of rotatable bonds is 7. The Morgan fingerprint density at radius 2 is 1.69 bits per heavy atom. The van der Waals surface area contributed by atoms with Crippen molar-refractivity contribution < 1.29 is 17.4 Å². The average molecular weight is 409 g/mol. The molecule has 0 spiro atoms. The van der Waals surface area contributed by atoms with Gasteiger partial charge in [0.25, 0.3) is 0 Å². The highest BCUT2D eigenvalue weighted by atomic mass is 32.2. The monoisotopic (exact) mass is 409 g/mol. The summed E-state index contributed by atoms with van der Waals surface area (Å²) in [6, 6.07) is 19.4. The molecule has 0 amide bonds. The van der Waals surface area contributed by atoms with Crippen molar-refractivity contribution in [3.8, 4) is 11.4 Å². The molecule has 0 unspecified atom stereocenters. The van der Waals surface area contributed by atoms with Crippen molar-refractivity contribution in [3.05, 3.63) is 90.2 Å². The third-order valence-corrected chi connectivity index (χ3v) is 6.19. The van der Waals surface area contributed by atoms with E-state index in [1.54, 1.807) is 42.5 Å². The van der Waals surface area contributed by atoms with E-state index in [4.69, 9.17) is 8.94 Å². The molecule has 0 saturated carbocycles. The van der Waals surface area contributed by atoms with Crippen LogP contribution in [0.1, 0.15) is 17.2 Å². The number of furan rings is 1. The second kappa shape index (κ2) is 8.02. The Morgan fingerprint density at radius 3 is 2.38 bits per heavy atom. The van der Waals surface area contributed by atoms with Crippen LogP contribution in [0.2, 0.25) is 0 Å². The Morgan fingerprint density at radius 1 is 0.931 bits per heavy atom. The van der Waals surface area contributed by atoms with Gasteiger partial charge >= 0.3 is 0 Å². The van der Waals surface area contributed by atoms with E-state index >= 15 is 0 Å². The SMILES string of the molecule is Cc1ccc(-c2noc(CN(Cc3ccco3)S(=O)(=O)c3ccccc3)n2)cc1. The summed E-state index contributed by atoms with van der Waals surface area (Å²) in [5.41, 5.74) is 1.92. The van der Waals surface area contributed by atoms with Gasteiger partial charge in [-0.25, -0.2) is 8.42 Å². The predicted octanol–water partition coefficient (Wildman–Crippen LogP) is 4.03. The molecule has 0 radical (unpaired) electrons. The standard InChI is InChI=1S/C21H19N3O4S/c1-16-9-11-17(12-10-16)21-22-20(28-23-21)15-24(14-18-6-5-13-27-18)29(25,26)19-7-3-2-4-8-19/h2-13H,14-15H2,1H3. The number of nitrogens with zero attached hydrogens (tertiary/aromatic N) is 3. The van der Waals surface area contributed by atoms with E-state index < -0.39 is 10.0 Å². The van der Waals surface area contributed by atoms with Crippen LogP contribution >= 0.6 is 0 Å². The van der Waals surface area contributed by atoms with Gasteiger partial charge < -0.3 is 8.94 Å². The highest BCUT2D eigenvalue weighted by molar-refractivity contribution is 7.89. The molecule has 2 heterocycles. The minimum Gasteiger partial charge on any atom is -0.468 e. The summed E-state index contributed by atoms with van der Waals surface area (Å²) in [6.07, 6.45) is 1.50. The second-order valence-electron chi connectivity index (χ2n) is 6.54. The highest BCUT2D eigenvalue weighted by Crippen LogP contribution is 2.22. The Kier molecular flexibility index (Phi) is 5.28. The van der Waals surface area contributed by atoms with Crippen molar-refractivity contribution in [2.45, 2.75) is 24.9 Å². The summed E-state index contributed by atoms with van der Waals surface area (Å²) >= 11 is 0. The molecule has 4 rings (SSSR count). The maximum Gasteiger partial charge on any atom is 0.243 e. The molecule has 0 N–H and O–H groups in total. The van der Waals surface area contributed by atoms with Crippen molar-refractivity contribution in [1.82, 2.24) is 14.4 Å². The minimum atomic E-state index is -3.79. The van der Waals surface area contributed by atoms with Gasteiger partial charge in [0.15, 0.2) is 0 Å². The van der Waals surface area contributed by atoms with Gasteiger partial charge in [-0.05, 0) is 31.2 Å². The molecule has 0 bridgehead atoms. The molecule has 0 aliphatic carbocycles. The van der Waals surface area contributed by atoms with Crippen LogP contribution in [0.25, 0.3) is 11.4 Å². The van der Waals surface area contributed by atoms with E-state index in [0.717, 1.165) is 11.1 Å². The smallest absolute Gasteiger partial charge is 0.243 e. The number of aromatic nitrogens is 2. The van der Waals surface area contributed by atoms with Crippen LogP contribution in [0.4, 0.5) is 0 Å². The van der Waals surface area contributed by atoms with Gasteiger partial charge in [-0.15, -0.1) is 0 Å². The van der Waals surface area contributed by atoms with E-state index in [9.17, 15) is 8.42 Å². The molecule has 2 aromatic heterocycles. The largest absolute Gasteiger partial charge is 0.468 e. The lowest BCUT2D eigenvalue weighted by Crippen LogP contribution is -2.30. The fraction of sp³-hybridized carbons (Fsp3) is 0.143. The van der Waals surface area contributed by atoms with Gasteiger partial charge in [0, 0.05) is 5.56 Å². The Balaban J connectivity index is 1.63. The topological polar surface area (TPSA) is 89.4 Å². The van der Waals surface area contributed by atoms with Gasteiger partial charge in [-0.1, -0.05) is 53.2 Å². The van der Waals surface area contributed by atoms with Crippen molar-refractivity contribution in [1.29, 1.82) is 0 Å². The zero-order valence-electron chi connectivity index (χ0n) is 15.7. The molecule has 4 aromatic rings. The van der Waals surface area contributed by atoms with Crippen LogP contribution < -0.4 is 0 Å². The average Bonchev–Trinajstić information content (AvgIpc) is 3.41. The summed E-state index contributed by atoms with van der Waals surface area (Å²) < 4.78 is 38.3. The van der Waals surface area contributed by atoms with Crippen LogP contribution in [0.5, 0.6) is 0 Å². The van der Waals surface area contributed by atoms with Crippen LogP contribution in [0.3, 0.4) is 0 Å². The maximum atomic E-state index is 13.2. The number of hydrogen-bond donors (Lipinski definition) is 0. The van der Waals surface area contributed by atoms with Gasteiger partial charge in [-0.2, -0.15) is 9.29 Å². The van der Waals surface area contributed by atoms with E-state index in [0.29, 0.717) is 11.6 Å². The summed E-state index contributed by atoms with van der Waals surface area (Å²) in [5.74, 6) is 1.13. The Labute approximate surface area is 168 Å². The first-order valence-electron chi connectivity index (χ1n) is 8.99. The molecule has 0 aliphatic heterocycles. The summed E-state index contributed by atoms with van der Waals surface area (Å²) in [5, 5.41) is 3.99. The third-order valence-electron chi connectivity index (χ3n) is 4.38. The molecule has 7 nitrogen and oxygen atoms in total. The van der Waals surface area contributed by atoms with Gasteiger partial charge in [0.05, 0.1) is 24.2 Å². The van der Waals surface area contributed by atoms with E-state index in [2.05, 4.69) is 10.1 Å². The Hall–Kier alpha value is -3.23. The molecular formula is C21H19N3O4S. The van der Waals surface area contributed by atoms with Crippen LogP contribution in [-0.2, 0) is 23.1 Å². The van der Waals surface area contributed by atoms with Crippen molar-refractivity contribution in [2.75, 3.05) is 0 Å². The summed E-state index contributed by atoms with van der Waals surface area (Å²) in [6.45, 7) is 1.97. The first kappa shape index (κ1) is 19.1. The molecule has 2 aromatic carbocycles. The predicted molar refractivity (Wildman–Crippen MR) is 106 cm³/mol. The van der Waals surface area contributed by atoms with E-state index in [-0.39, 0.29) is 23.9 Å². The van der Waals surface area contributed by atoms with Gasteiger partial charge in [-0.3, -0.25) is 0 Å². The summed E-state index contributed by atoms with van der Waals surface area (Å²) in [4.78, 5) is 4.56. The zero-order chi connectivity index (χ0) is 20.3. The second-order valence-corrected chi connectivity index (χ2v) is 8.48. The molecule has 0 atom stereocenters. The molecule has 0 fully saturated rings. The molecule has 8 heteroatoms. The third kappa shape index (κ3) is 4.28. The Bertz CT molecular complexity index is 1170. The van der Waals surface area contributed by atoms with Crippen molar-refractivity contribution in [2.24, 2.45) is 0 Å². The first-order chi connectivity index (χ1) is 14.0. The molecule has 0 saturated heterocycles. The fourth-order valence-corrected chi connectivity index (χ4v) is 4.21. The van der Waals surface area contributed by atoms with Gasteiger partial charge in [0.1, 0.15) is 5.76 Å². The van der Waals surface area contributed by atoms with Crippen LogP contribution in [0.15, 0.2) is 86.8 Å². The maximum absolute atomic E-state index is 13.2. The number of aryl methyl sites for hydroxylation is 1. The minimum absolute atomic E-state index is 0.0481. The fourth-order valence-electron chi connectivity index (χ4n) is 2.83. The first-order valence-corrected chi connectivity index (χ1v) is 10.4. The lowest BCUT2D eigenvalue weighted by atomic mass is 10.1. The van der Waals surface area contributed by atoms with E-state index in [1.165, 1.54) is 10.6 Å². The number of hydrogen-bond acceptors (Lipinski definition) is 6. The number of sulfonamides is 1. The summed E-state index contributed by atoms with van der Waals surface area (Å²) in [7, 11) is -3.79. The molecular weight excluding hydrogens is 390 g/mol. The number of benzene rings is 2. The van der Waals surface area contributed by atoms with E-state index in [1.807, 2.05) is 31.2 Å². The quantitative estimate of drug-likeness (QED) is 0.458. The lowest BCUT2D eigenvalue weighted by Gasteiger charge is -2.19. The zero-order valence-corrected chi connectivity index (χ0v) is 16.5.